The molecule has 0 rings (SSSR count). The number of hydrogen-bond donors (Lipinski definition) is 3. The summed E-state index contributed by atoms with van der Waals surface area (Å²) in [6, 6.07) is 0. The second kappa shape index (κ2) is 18.2. The van der Waals surface area contributed by atoms with E-state index >= 15 is 0 Å². The summed E-state index contributed by atoms with van der Waals surface area (Å²) >= 11 is 0. The molecule has 0 aromatic carbocycles. The number of carbonyl (C=O) groups excluding carboxylic acids is 1. The lowest BCUT2D eigenvalue weighted by Crippen LogP contribution is -2.22. The van der Waals surface area contributed by atoms with Gasteiger partial charge in [0, 0.05) is 6.42 Å². The summed E-state index contributed by atoms with van der Waals surface area (Å²) in [6.07, 6.45) is 21.7. The Kier molecular flexibility index (Phi) is 16.7. The molecule has 3 unspecified atom stereocenters. The van der Waals surface area contributed by atoms with Crippen LogP contribution in [-0.4, -0.2) is 46.7 Å². The normalized spacial score (nSPS) is 16.3. The van der Waals surface area contributed by atoms with Crippen LogP contribution < -0.4 is 0 Å². The molecule has 0 aromatic rings. The molecule has 5 heteroatoms. The van der Waals surface area contributed by atoms with Crippen molar-refractivity contribution in [2.24, 2.45) is 0 Å². The van der Waals surface area contributed by atoms with Gasteiger partial charge in [-0.25, -0.2) is 0 Å². The number of ether oxygens (including phenoxy) is 1. The topological polar surface area (TPSA) is 87.0 Å². The average molecular weight is 391 g/mol. The van der Waals surface area contributed by atoms with Gasteiger partial charge in [0.25, 0.3) is 0 Å². The highest BCUT2D eigenvalue weighted by Gasteiger charge is 2.10. The van der Waals surface area contributed by atoms with E-state index in [0.29, 0.717) is 25.7 Å². The van der Waals surface area contributed by atoms with Crippen molar-refractivity contribution in [2.75, 3.05) is 7.11 Å². The van der Waals surface area contributed by atoms with E-state index in [1.807, 2.05) is 24.3 Å². The molecule has 3 N–H and O–H groups in total. The first-order valence-electron chi connectivity index (χ1n) is 9.60. The number of esters is 1. The lowest BCUT2D eigenvalue weighted by molar-refractivity contribution is -0.140. The predicted octanol–water partition coefficient (Wildman–Crippen LogP) is 3.55. The second-order valence-electron chi connectivity index (χ2n) is 6.10. The van der Waals surface area contributed by atoms with Crippen LogP contribution in [0.4, 0.5) is 0 Å². The highest BCUT2D eigenvalue weighted by molar-refractivity contribution is 5.69. The Balaban J connectivity index is 4.06. The standard InChI is InChI=1S/C23H34O5/c1-3-4-10-15-20(24)16-11-7-5-6-8-12-17-21(25)22(26)18-13-9-14-19-23(27)28-2/h4-13,16-17,20-22,24-26H,3,14-15,18-19H2,1-2H3/b7-5?,8-6?,10-4?,13-9-,16-11?,17-12?. The number of hydrogen-bond acceptors (Lipinski definition) is 5. The van der Waals surface area contributed by atoms with Crippen molar-refractivity contribution in [2.45, 2.75) is 57.3 Å². The minimum absolute atomic E-state index is 0.273. The number of aliphatic hydroxyl groups is 3. The molecule has 156 valence electrons. The summed E-state index contributed by atoms with van der Waals surface area (Å²) in [4.78, 5) is 10.9. The first-order chi connectivity index (χ1) is 13.5. The molecule has 3 atom stereocenters. The van der Waals surface area contributed by atoms with Gasteiger partial charge < -0.3 is 20.1 Å². The molecule has 0 aliphatic rings. The van der Waals surface area contributed by atoms with Crippen LogP contribution >= 0.6 is 0 Å². The smallest absolute Gasteiger partial charge is 0.305 e. The molecule has 0 amide bonds. The van der Waals surface area contributed by atoms with E-state index in [0.717, 1.165) is 6.42 Å². The Hall–Kier alpha value is -2.21. The van der Waals surface area contributed by atoms with Crippen molar-refractivity contribution in [3.05, 3.63) is 72.9 Å². The van der Waals surface area contributed by atoms with E-state index in [2.05, 4.69) is 11.7 Å². The Morgan fingerprint density at radius 3 is 2.11 bits per heavy atom. The first kappa shape index (κ1) is 25.8. The third-order valence-electron chi connectivity index (χ3n) is 3.66. The fourth-order valence-electron chi connectivity index (χ4n) is 2.03. The zero-order valence-electron chi connectivity index (χ0n) is 16.9. The van der Waals surface area contributed by atoms with E-state index in [1.54, 1.807) is 42.5 Å². The van der Waals surface area contributed by atoms with Crippen LogP contribution in [0.3, 0.4) is 0 Å². The highest BCUT2D eigenvalue weighted by atomic mass is 16.5. The lowest BCUT2D eigenvalue weighted by atomic mass is 10.1. The predicted molar refractivity (Wildman–Crippen MR) is 114 cm³/mol. The quantitative estimate of drug-likeness (QED) is 0.240. The summed E-state index contributed by atoms with van der Waals surface area (Å²) < 4.78 is 4.53. The fraction of sp³-hybridized carbons (Fsp3) is 0.435. The van der Waals surface area contributed by atoms with Crippen LogP contribution in [0.15, 0.2) is 72.9 Å². The number of carbonyl (C=O) groups is 1. The fourth-order valence-corrected chi connectivity index (χ4v) is 2.03. The molecule has 0 saturated heterocycles. The average Bonchev–Trinajstić information content (AvgIpc) is 2.69. The van der Waals surface area contributed by atoms with Gasteiger partial charge in [-0.3, -0.25) is 4.79 Å². The molecular weight excluding hydrogens is 356 g/mol. The minimum Gasteiger partial charge on any atom is -0.469 e. The summed E-state index contributed by atoms with van der Waals surface area (Å²) in [5.41, 5.74) is 0. The van der Waals surface area contributed by atoms with Gasteiger partial charge in [-0.1, -0.05) is 79.8 Å². The number of aliphatic hydroxyl groups excluding tert-OH is 3. The third-order valence-corrected chi connectivity index (χ3v) is 3.66. The SMILES string of the molecule is CCC=CCC(O)C=CC=CC=CC=CC(O)C(O)C/C=C\CCC(=O)OC. The second-order valence-corrected chi connectivity index (χ2v) is 6.10. The van der Waals surface area contributed by atoms with Crippen molar-refractivity contribution in [1.29, 1.82) is 0 Å². The molecule has 0 fully saturated rings. The van der Waals surface area contributed by atoms with E-state index in [-0.39, 0.29) is 5.97 Å². The molecule has 0 aliphatic carbocycles. The molecule has 0 spiro atoms. The number of methoxy groups -OCH3 is 1. The number of rotatable bonds is 14. The Morgan fingerprint density at radius 1 is 0.857 bits per heavy atom. The van der Waals surface area contributed by atoms with Crippen LogP contribution in [0.5, 0.6) is 0 Å². The summed E-state index contributed by atoms with van der Waals surface area (Å²) in [7, 11) is 1.34. The maximum atomic E-state index is 10.9. The highest BCUT2D eigenvalue weighted by Crippen LogP contribution is 2.04. The van der Waals surface area contributed by atoms with E-state index in [4.69, 9.17) is 0 Å². The van der Waals surface area contributed by atoms with Gasteiger partial charge in [0.1, 0.15) is 0 Å². The molecule has 0 heterocycles. The van der Waals surface area contributed by atoms with Gasteiger partial charge >= 0.3 is 5.97 Å². The van der Waals surface area contributed by atoms with Gasteiger partial charge in [0.2, 0.25) is 0 Å². The van der Waals surface area contributed by atoms with Crippen molar-refractivity contribution in [1.82, 2.24) is 0 Å². The van der Waals surface area contributed by atoms with E-state index < -0.39 is 18.3 Å². The molecule has 0 aromatic heterocycles. The first-order valence-corrected chi connectivity index (χ1v) is 9.60. The molecular formula is C23H34O5. The van der Waals surface area contributed by atoms with E-state index in [1.165, 1.54) is 13.2 Å². The van der Waals surface area contributed by atoms with Gasteiger partial charge in [-0.2, -0.15) is 0 Å². The summed E-state index contributed by atoms with van der Waals surface area (Å²) in [5, 5.41) is 29.4. The molecule has 5 nitrogen and oxygen atoms in total. The van der Waals surface area contributed by atoms with Crippen LogP contribution in [0.1, 0.15) is 39.0 Å². The summed E-state index contributed by atoms with van der Waals surface area (Å²) in [5.74, 6) is -0.273. The lowest BCUT2D eigenvalue weighted by Gasteiger charge is -2.11. The van der Waals surface area contributed by atoms with Gasteiger partial charge in [-0.05, 0) is 25.7 Å². The van der Waals surface area contributed by atoms with Gasteiger partial charge in [0.05, 0.1) is 25.4 Å². The summed E-state index contributed by atoms with van der Waals surface area (Å²) in [6.45, 7) is 2.05. The van der Waals surface area contributed by atoms with Gasteiger partial charge in [-0.15, -0.1) is 0 Å². The Labute approximate surface area is 168 Å². The molecule has 28 heavy (non-hydrogen) atoms. The maximum absolute atomic E-state index is 10.9. The molecule has 0 aliphatic heterocycles. The van der Waals surface area contributed by atoms with Crippen molar-refractivity contribution in [3.63, 3.8) is 0 Å². The van der Waals surface area contributed by atoms with Crippen LogP contribution in [-0.2, 0) is 9.53 Å². The molecule has 0 bridgehead atoms. The minimum atomic E-state index is -0.967. The zero-order valence-corrected chi connectivity index (χ0v) is 16.9. The van der Waals surface area contributed by atoms with Crippen molar-refractivity contribution >= 4 is 5.97 Å². The van der Waals surface area contributed by atoms with Crippen LogP contribution in [0.25, 0.3) is 0 Å². The maximum Gasteiger partial charge on any atom is 0.305 e. The van der Waals surface area contributed by atoms with Crippen LogP contribution in [0, 0.1) is 0 Å². The third kappa shape index (κ3) is 16.0. The van der Waals surface area contributed by atoms with E-state index in [9.17, 15) is 20.1 Å². The molecule has 0 saturated carbocycles. The largest absolute Gasteiger partial charge is 0.469 e. The van der Waals surface area contributed by atoms with Crippen molar-refractivity contribution < 1.29 is 24.9 Å². The molecule has 0 radical (unpaired) electrons. The zero-order chi connectivity index (χ0) is 21.0. The van der Waals surface area contributed by atoms with Gasteiger partial charge in [0.15, 0.2) is 0 Å². The Morgan fingerprint density at radius 2 is 1.46 bits per heavy atom. The monoisotopic (exact) mass is 390 g/mol. The van der Waals surface area contributed by atoms with Crippen molar-refractivity contribution in [3.8, 4) is 0 Å². The Bertz CT molecular complexity index is 570. The van der Waals surface area contributed by atoms with Crippen LogP contribution in [0.2, 0.25) is 0 Å². The number of allylic oxidation sites excluding steroid dienone is 8.